The number of rotatable bonds is 5. The first-order valence-electron chi connectivity index (χ1n) is 9.28. The summed E-state index contributed by atoms with van der Waals surface area (Å²) >= 11 is 0. The average molecular weight is 386 g/mol. The number of fused-ring (bicyclic) bond motifs is 3. The van der Waals surface area contributed by atoms with Crippen LogP contribution in [0.25, 0.3) is 11.0 Å². The predicted molar refractivity (Wildman–Crippen MR) is 110 cm³/mol. The van der Waals surface area contributed by atoms with Crippen molar-refractivity contribution in [2.45, 2.75) is 38.6 Å². The van der Waals surface area contributed by atoms with Crippen LogP contribution in [0.15, 0.2) is 51.7 Å². The molecular weight excluding hydrogens is 362 g/mol. The van der Waals surface area contributed by atoms with Gasteiger partial charge in [-0.25, -0.2) is 4.79 Å². The zero-order valence-electron chi connectivity index (χ0n) is 15.2. The molecule has 1 aliphatic rings. The van der Waals surface area contributed by atoms with Crippen molar-refractivity contribution in [1.29, 1.82) is 0 Å². The van der Waals surface area contributed by atoms with E-state index >= 15 is 0 Å². The molecule has 1 aromatic heterocycles. The summed E-state index contributed by atoms with van der Waals surface area (Å²) < 4.78 is 5.63. The Labute approximate surface area is 164 Å². The van der Waals surface area contributed by atoms with Gasteiger partial charge in [-0.2, -0.15) is 0 Å². The van der Waals surface area contributed by atoms with E-state index in [0.29, 0.717) is 17.7 Å². The topological polar surface area (TPSA) is 62.5 Å². The number of hydrogen-bond acceptors (Lipinski definition) is 4. The molecule has 4 nitrogen and oxygen atoms in total. The first kappa shape index (κ1) is 19.5. The highest BCUT2D eigenvalue weighted by atomic mass is 35.5. The van der Waals surface area contributed by atoms with Gasteiger partial charge in [0.25, 0.3) is 0 Å². The van der Waals surface area contributed by atoms with Gasteiger partial charge in [-0.15, -0.1) is 12.4 Å². The maximum absolute atomic E-state index is 12.4. The van der Waals surface area contributed by atoms with E-state index in [9.17, 15) is 9.90 Å². The summed E-state index contributed by atoms with van der Waals surface area (Å²) in [6.45, 7) is 1.26. The molecule has 0 fully saturated rings. The molecule has 142 valence electrons. The van der Waals surface area contributed by atoms with Crippen LogP contribution in [-0.4, -0.2) is 11.7 Å². The van der Waals surface area contributed by atoms with Crippen molar-refractivity contribution in [3.05, 3.63) is 75.1 Å². The summed E-state index contributed by atoms with van der Waals surface area (Å²) in [4.78, 5) is 12.4. The molecule has 0 spiro atoms. The summed E-state index contributed by atoms with van der Waals surface area (Å²) in [5.74, 6) is 0.170. The Balaban J connectivity index is 0.00000210. The quantitative estimate of drug-likeness (QED) is 0.512. The molecule has 0 amide bonds. The highest BCUT2D eigenvalue weighted by Gasteiger charge is 2.20. The van der Waals surface area contributed by atoms with Crippen molar-refractivity contribution in [1.82, 2.24) is 5.32 Å². The summed E-state index contributed by atoms with van der Waals surface area (Å²) in [6.07, 6.45) is 4.74. The van der Waals surface area contributed by atoms with E-state index in [4.69, 9.17) is 4.42 Å². The lowest BCUT2D eigenvalue weighted by molar-refractivity contribution is 0.459. The lowest BCUT2D eigenvalue weighted by atomic mass is 9.90. The molecule has 1 aliphatic carbocycles. The van der Waals surface area contributed by atoms with E-state index in [1.165, 1.54) is 5.56 Å². The predicted octanol–water partition coefficient (Wildman–Crippen LogP) is 4.13. The largest absolute Gasteiger partial charge is 0.507 e. The van der Waals surface area contributed by atoms with Crippen LogP contribution in [0.2, 0.25) is 0 Å². The van der Waals surface area contributed by atoms with E-state index in [0.717, 1.165) is 55.2 Å². The van der Waals surface area contributed by atoms with Gasteiger partial charge >= 0.3 is 5.63 Å². The highest BCUT2D eigenvalue weighted by molar-refractivity contribution is 5.86. The normalized spacial score (nSPS) is 13.2. The zero-order valence-corrected chi connectivity index (χ0v) is 16.0. The Bertz CT molecular complexity index is 982. The van der Waals surface area contributed by atoms with Crippen LogP contribution in [-0.2, 0) is 25.8 Å². The first-order valence-corrected chi connectivity index (χ1v) is 9.28. The number of hydrogen-bond donors (Lipinski definition) is 2. The molecule has 0 atom stereocenters. The van der Waals surface area contributed by atoms with Crippen LogP contribution < -0.4 is 10.9 Å². The lowest BCUT2D eigenvalue weighted by Gasteiger charge is -2.18. The lowest BCUT2D eigenvalue weighted by Crippen LogP contribution is -2.19. The SMILES string of the molecule is Cl.O=c1oc2c(CNCCc3ccccc3)c(O)ccc2c2c1CCCC2. The second kappa shape index (κ2) is 8.59. The average Bonchev–Trinajstić information content (AvgIpc) is 2.68. The van der Waals surface area contributed by atoms with E-state index < -0.39 is 0 Å². The Morgan fingerprint density at radius 2 is 1.74 bits per heavy atom. The van der Waals surface area contributed by atoms with Gasteiger partial charge < -0.3 is 14.8 Å². The third kappa shape index (κ3) is 4.02. The number of phenolic OH excluding ortho intramolecular Hbond substituents is 1. The summed E-state index contributed by atoms with van der Waals surface area (Å²) in [5, 5.41) is 14.6. The van der Waals surface area contributed by atoms with Crippen molar-refractivity contribution in [2.75, 3.05) is 6.54 Å². The molecule has 0 unspecified atom stereocenters. The van der Waals surface area contributed by atoms with Crippen LogP contribution in [0.3, 0.4) is 0 Å². The molecule has 3 aromatic rings. The summed E-state index contributed by atoms with van der Waals surface area (Å²) in [6, 6.07) is 13.9. The van der Waals surface area contributed by atoms with Crippen molar-refractivity contribution < 1.29 is 9.52 Å². The van der Waals surface area contributed by atoms with E-state index in [2.05, 4.69) is 17.4 Å². The summed E-state index contributed by atoms with van der Waals surface area (Å²) in [5.41, 5.74) is 4.14. The fraction of sp³-hybridized carbons (Fsp3) is 0.318. The van der Waals surface area contributed by atoms with Gasteiger partial charge in [-0.3, -0.25) is 0 Å². The van der Waals surface area contributed by atoms with Gasteiger partial charge in [0.2, 0.25) is 0 Å². The molecular formula is C22H24ClNO3. The second-order valence-electron chi connectivity index (χ2n) is 6.91. The van der Waals surface area contributed by atoms with Crippen molar-refractivity contribution in [2.24, 2.45) is 0 Å². The number of nitrogens with one attached hydrogen (secondary N) is 1. The molecule has 0 aliphatic heterocycles. The fourth-order valence-corrected chi connectivity index (χ4v) is 3.82. The van der Waals surface area contributed by atoms with Crippen LogP contribution >= 0.6 is 12.4 Å². The number of halogens is 1. The Kier molecular flexibility index (Phi) is 6.19. The molecule has 1 heterocycles. The fourth-order valence-electron chi connectivity index (χ4n) is 3.82. The molecule has 2 aromatic carbocycles. The third-order valence-corrected chi connectivity index (χ3v) is 5.20. The summed E-state index contributed by atoms with van der Waals surface area (Å²) in [7, 11) is 0. The number of aromatic hydroxyl groups is 1. The molecule has 0 saturated heterocycles. The standard InChI is InChI=1S/C22H23NO3.ClH/c24-20-11-10-17-16-8-4-5-9-18(16)22(25)26-21(17)19(20)14-23-13-12-15-6-2-1-3-7-15;/h1-3,6-7,10-11,23-24H,4-5,8-9,12-14H2;1H. The van der Waals surface area contributed by atoms with Crippen LogP contribution in [0.4, 0.5) is 0 Å². The minimum absolute atomic E-state index is 0. The minimum atomic E-state index is -0.247. The smallest absolute Gasteiger partial charge is 0.339 e. The molecule has 0 bridgehead atoms. The van der Waals surface area contributed by atoms with E-state index in [-0.39, 0.29) is 23.8 Å². The van der Waals surface area contributed by atoms with Crippen molar-refractivity contribution >= 4 is 23.4 Å². The molecule has 5 heteroatoms. The maximum Gasteiger partial charge on any atom is 0.339 e. The van der Waals surface area contributed by atoms with Gasteiger partial charge in [0.15, 0.2) is 0 Å². The van der Waals surface area contributed by atoms with E-state index in [1.807, 2.05) is 24.3 Å². The first-order chi connectivity index (χ1) is 12.7. The number of phenols is 1. The molecule has 2 N–H and O–H groups in total. The van der Waals surface area contributed by atoms with Gasteiger partial charge in [0.05, 0.1) is 5.56 Å². The maximum atomic E-state index is 12.4. The Hall–Kier alpha value is -2.30. The van der Waals surface area contributed by atoms with Crippen molar-refractivity contribution in [3.8, 4) is 5.75 Å². The molecule has 27 heavy (non-hydrogen) atoms. The van der Waals surface area contributed by atoms with Crippen LogP contribution in [0.5, 0.6) is 5.75 Å². The molecule has 4 rings (SSSR count). The van der Waals surface area contributed by atoms with Crippen LogP contribution in [0.1, 0.15) is 35.1 Å². The van der Waals surface area contributed by atoms with Gasteiger partial charge in [0, 0.05) is 17.5 Å². The minimum Gasteiger partial charge on any atom is -0.507 e. The molecule has 0 saturated carbocycles. The molecule has 0 radical (unpaired) electrons. The number of benzene rings is 2. The second-order valence-corrected chi connectivity index (χ2v) is 6.91. The Morgan fingerprint density at radius 1 is 1.00 bits per heavy atom. The Morgan fingerprint density at radius 3 is 2.52 bits per heavy atom. The van der Waals surface area contributed by atoms with Crippen molar-refractivity contribution in [3.63, 3.8) is 0 Å². The van der Waals surface area contributed by atoms with Gasteiger partial charge in [-0.05, 0) is 61.9 Å². The number of aryl methyl sites for hydroxylation is 1. The third-order valence-electron chi connectivity index (χ3n) is 5.20. The van der Waals surface area contributed by atoms with E-state index in [1.54, 1.807) is 6.07 Å². The zero-order chi connectivity index (χ0) is 17.9. The highest BCUT2D eigenvalue weighted by Crippen LogP contribution is 2.32. The van der Waals surface area contributed by atoms with Gasteiger partial charge in [-0.1, -0.05) is 30.3 Å². The van der Waals surface area contributed by atoms with Crippen LogP contribution in [0, 0.1) is 0 Å². The van der Waals surface area contributed by atoms with Gasteiger partial charge in [0.1, 0.15) is 11.3 Å². The monoisotopic (exact) mass is 385 g/mol.